The van der Waals surface area contributed by atoms with Crippen molar-refractivity contribution in [1.82, 2.24) is 0 Å². The quantitative estimate of drug-likeness (QED) is 0.639. The van der Waals surface area contributed by atoms with Crippen LogP contribution < -0.4 is 9.47 Å². The highest BCUT2D eigenvalue weighted by atomic mass is 16.5. The first kappa shape index (κ1) is 16.1. The lowest BCUT2D eigenvalue weighted by atomic mass is 9.85. The van der Waals surface area contributed by atoms with E-state index in [1.54, 1.807) is 19.2 Å². The number of para-hydroxylation sites is 1. The van der Waals surface area contributed by atoms with E-state index in [9.17, 15) is 9.59 Å². The number of ketones is 1. The summed E-state index contributed by atoms with van der Waals surface area (Å²) in [7, 11) is 4.40. The zero-order chi connectivity index (χ0) is 17.3. The lowest BCUT2D eigenvalue weighted by Gasteiger charge is -2.20. The molecule has 3 rings (SSSR count). The number of methoxy groups -OCH3 is 3. The van der Waals surface area contributed by atoms with Gasteiger partial charge in [0.25, 0.3) is 0 Å². The van der Waals surface area contributed by atoms with E-state index in [1.165, 1.54) is 14.2 Å². The molecule has 0 heterocycles. The van der Waals surface area contributed by atoms with Gasteiger partial charge in [0.15, 0.2) is 5.78 Å². The summed E-state index contributed by atoms with van der Waals surface area (Å²) in [4.78, 5) is 25.2. The number of ether oxygens (including phenoxy) is 3. The number of hydrogen-bond donors (Lipinski definition) is 0. The van der Waals surface area contributed by atoms with Gasteiger partial charge in [0.2, 0.25) is 0 Å². The van der Waals surface area contributed by atoms with Crippen molar-refractivity contribution in [2.24, 2.45) is 5.92 Å². The average Bonchev–Trinajstić information content (AvgIpc) is 2.92. The van der Waals surface area contributed by atoms with Crippen LogP contribution in [0.2, 0.25) is 0 Å². The standard InChI is InChI=1S/C19H18O5/c1-22-11-8-9-12-14(10-11)18(20)17(19(21)24-3)16(12)13-6-4-5-7-15(13)23-2/h4-10,16-17H,1-3H3/t16-,17-/m1/s1. The number of benzene rings is 2. The van der Waals surface area contributed by atoms with Crippen LogP contribution in [0.5, 0.6) is 11.5 Å². The van der Waals surface area contributed by atoms with E-state index in [4.69, 9.17) is 14.2 Å². The van der Waals surface area contributed by atoms with Gasteiger partial charge in [0, 0.05) is 17.0 Å². The van der Waals surface area contributed by atoms with Crippen LogP contribution in [0.4, 0.5) is 0 Å². The third-order valence-corrected chi connectivity index (χ3v) is 4.41. The van der Waals surface area contributed by atoms with Gasteiger partial charge >= 0.3 is 5.97 Å². The van der Waals surface area contributed by atoms with E-state index < -0.39 is 17.8 Å². The number of esters is 1. The molecule has 0 fully saturated rings. The first-order valence-electron chi connectivity index (χ1n) is 7.55. The molecule has 5 heteroatoms. The first-order chi connectivity index (χ1) is 11.6. The summed E-state index contributed by atoms with van der Waals surface area (Å²) in [6.45, 7) is 0. The summed E-state index contributed by atoms with van der Waals surface area (Å²) in [6.07, 6.45) is 0. The van der Waals surface area contributed by atoms with Gasteiger partial charge in [-0.15, -0.1) is 0 Å². The molecule has 5 nitrogen and oxygen atoms in total. The van der Waals surface area contributed by atoms with Crippen LogP contribution in [0.15, 0.2) is 42.5 Å². The summed E-state index contributed by atoms with van der Waals surface area (Å²) in [6, 6.07) is 12.7. The maximum Gasteiger partial charge on any atom is 0.317 e. The van der Waals surface area contributed by atoms with Gasteiger partial charge in [-0.25, -0.2) is 0 Å². The largest absolute Gasteiger partial charge is 0.497 e. The lowest BCUT2D eigenvalue weighted by Crippen LogP contribution is -2.26. The Bertz CT molecular complexity index is 796. The summed E-state index contributed by atoms with van der Waals surface area (Å²) in [5, 5.41) is 0. The van der Waals surface area contributed by atoms with Crippen molar-refractivity contribution in [3.05, 3.63) is 59.2 Å². The van der Waals surface area contributed by atoms with Crippen molar-refractivity contribution < 1.29 is 23.8 Å². The van der Waals surface area contributed by atoms with Crippen molar-refractivity contribution in [3.8, 4) is 11.5 Å². The smallest absolute Gasteiger partial charge is 0.317 e. The SMILES string of the molecule is COC(=O)[C@H]1C(=O)c2cc(OC)ccc2[C@@H]1c1ccccc1OC. The van der Waals surface area contributed by atoms with Crippen molar-refractivity contribution in [2.75, 3.05) is 21.3 Å². The number of hydrogen-bond acceptors (Lipinski definition) is 5. The van der Waals surface area contributed by atoms with E-state index in [2.05, 4.69) is 0 Å². The van der Waals surface area contributed by atoms with Gasteiger partial charge in [-0.3, -0.25) is 9.59 Å². The fourth-order valence-corrected chi connectivity index (χ4v) is 3.29. The van der Waals surface area contributed by atoms with Crippen LogP contribution in [0.3, 0.4) is 0 Å². The molecule has 0 radical (unpaired) electrons. The van der Waals surface area contributed by atoms with Crippen molar-refractivity contribution in [3.63, 3.8) is 0 Å². The summed E-state index contributed by atoms with van der Waals surface area (Å²) >= 11 is 0. The molecule has 124 valence electrons. The third-order valence-electron chi connectivity index (χ3n) is 4.41. The minimum Gasteiger partial charge on any atom is -0.497 e. The predicted octanol–water partition coefficient (Wildman–Crippen LogP) is 2.82. The maximum absolute atomic E-state index is 12.9. The van der Waals surface area contributed by atoms with Crippen LogP contribution in [0, 0.1) is 5.92 Å². The fourth-order valence-electron chi connectivity index (χ4n) is 3.29. The van der Waals surface area contributed by atoms with Gasteiger partial charge in [0.05, 0.1) is 21.3 Å². The Balaban J connectivity index is 2.21. The Kier molecular flexibility index (Phi) is 4.25. The molecular weight excluding hydrogens is 308 g/mol. The van der Waals surface area contributed by atoms with Gasteiger partial charge in [0.1, 0.15) is 17.4 Å². The third kappa shape index (κ3) is 2.42. The van der Waals surface area contributed by atoms with Crippen LogP contribution in [-0.4, -0.2) is 33.1 Å². The van der Waals surface area contributed by atoms with Crippen molar-refractivity contribution in [2.45, 2.75) is 5.92 Å². The molecule has 0 bridgehead atoms. The highest BCUT2D eigenvalue weighted by Gasteiger charge is 2.46. The molecule has 0 unspecified atom stereocenters. The second-order valence-corrected chi connectivity index (χ2v) is 5.54. The molecule has 2 atom stereocenters. The molecule has 0 aliphatic heterocycles. The van der Waals surface area contributed by atoms with Gasteiger partial charge in [-0.1, -0.05) is 24.3 Å². The molecule has 0 saturated carbocycles. The Labute approximate surface area is 140 Å². The Morgan fingerprint density at radius 1 is 0.958 bits per heavy atom. The Morgan fingerprint density at radius 2 is 1.71 bits per heavy atom. The highest BCUT2D eigenvalue weighted by molar-refractivity contribution is 6.14. The Hall–Kier alpha value is -2.82. The number of rotatable bonds is 4. The first-order valence-corrected chi connectivity index (χ1v) is 7.55. The minimum absolute atomic E-state index is 0.258. The molecule has 24 heavy (non-hydrogen) atoms. The van der Waals surface area contributed by atoms with Crippen LogP contribution >= 0.6 is 0 Å². The fraction of sp³-hybridized carbons (Fsp3) is 0.263. The molecule has 0 aromatic heterocycles. The summed E-state index contributed by atoms with van der Waals surface area (Å²) in [5.74, 6) is -0.965. The average molecular weight is 326 g/mol. The second kappa shape index (κ2) is 6.35. The monoisotopic (exact) mass is 326 g/mol. The molecule has 0 N–H and O–H groups in total. The van der Waals surface area contributed by atoms with E-state index in [0.29, 0.717) is 17.1 Å². The highest BCUT2D eigenvalue weighted by Crippen LogP contribution is 2.46. The van der Waals surface area contributed by atoms with Crippen molar-refractivity contribution in [1.29, 1.82) is 0 Å². The molecule has 2 aromatic carbocycles. The lowest BCUT2D eigenvalue weighted by molar-refractivity contribution is -0.143. The van der Waals surface area contributed by atoms with Crippen LogP contribution in [0.25, 0.3) is 0 Å². The Morgan fingerprint density at radius 3 is 2.38 bits per heavy atom. The molecule has 1 aliphatic carbocycles. The van der Waals surface area contributed by atoms with Gasteiger partial charge in [-0.2, -0.15) is 0 Å². The van der Waals surface area contributed by atoms with Gasteiger partial charge < -0.3 is 14.2 Å². The maximum atomic E-state index is 12.9. The number of Topliss-reactive ketones (excluding diaryl/α,β-unsaturated/α-hetero) is 1. The molecule has 0 spiro atoms. The molecule has 0 saturated heterocycles. The molecule has 0 amide bonds. The number of fused-ring (bicyclic) bond motifs is 1. The molecular formula is C19H18O5. The van der Waals surface area contributed by atoms with Crippen LogP contribution in [0.1, 0.15) is 27.4 Å². The molecule has 2 aromatic rings. The van der Waals surface area contributed by atoms with E-state index in [-0.39, 0.29) is 5.78 Å². The van der Waals surface area contributed by atoms with Crippen molar-refractivity contribution >= 4 is 11.8 Å². The van der Waals surface area contributed by atoms with E-state index >= 15 is 0 Å². The van der Waals surface area contributed by atoms with Crippen LogP contribution in [-0.2, 0) is 9.53 Å². The van der Waals surface area contributed by atoms with E-state index in [0.717, 1.165) is 11.1 Å². The van der Waals surface area contributed by atoms with Gasteiger partial charge in [-0.05, 0) is 23.8 Å². The topological polar surface area (TPSA) is 61.8 Å². The number of carbonyl (C=O) groups excluding carboxylic acids is 2. The summed E-state index contributed by atoms with van der Waals surface area (Å²) in [5.41, 5.74) is 2.05. The molecule has 1 aliphatic rings. The van der Waals surface area contributed by atoms with E-state index in [1.807, 2.05) is 30.3 Å². The zero-order valence-electron chi connectivity index (χ0n) is 13.7. The zero-order valence-corrected chi connectivity index (χ0v) is 13.7. The number of carbonyl (C=O) groups is 2. The summed E-state index contributed by atoms with van der Waals surface area (Å²) < 4.78 is 15.5. The predicted molar refractivity (Wildman–Crippen MR) is 87.7 cm³/mol. The minimum atomic E-state index is -0.923. The normalized spacial score (nSPS) is 18.9. The second-order valence-electron chi connectivity index (χ2n) is 5.54.